The molecule has 5 nitrogen and oxygen atoms in total. The van der Waals surface area contributed by atoms with E-state index in [1.807, 2.05) is 13.8 Å². The Morgan fingerprint density at radius 1 is 1.62 bits per heavy atom. The van der Waals surface area contributed by atoms with Crippen molar-refractivity contribution in [3.8, 4) is 0 Å². The predicted molar refractivity (Wildman–Crippen MR) is 55.3 cm³/mol. The summed E-state index contributed by atoms with van der Waals surface area (Å²) in [5.41, 5.74) is 5.02. The van der Waals surface area contributed by atoms with Gasteiger partial charge in [0.05, 0.1) is 5.92 Å². The third-order valence-electron chi connectivity index (χ3n) is 3.27. The van der Waals surface area contributed by atoms with Gasteiger partial charge in [-0.15, -0.1) is 0 Å². The SMILES string of the molecule is CC1(C)COC(=O)[C@@H]1OC(=O)[C@@H]1C[C@@H]1CN. The van der Waals surface area contributed by atoms with E-state index < -0.39 is 17.5 Å². The average Bonchev–Trinajstić information content (AvgIpc) is 2.96. The third kappa shape index (κ3) is 1.91. The van der Waals surface area contributed by atoms with Crippen molar-refractivity contribution in [2.45, 2.75) is 26.4 Å². The standard InChI is InChI=1S/C11H17NO4/c1-11(2)5-15-10(14)8(11)16-9(13)7-3-6(7)4-12/h6-8H,3-5,12H2,1-2H3/t6-,7-,8+/m1/s1. The summed E-state index contributed by atoms with van der Waals surface area (Å²) in [7, 11) is 0. The molecule has 0 amide bonds. The molecule has 5 heteroatoms. The zero-order valence-electron chi connectivity index (χ0n) is 9.56. The highest BCUT2D eigenvalue weighted by atomic mass is 16.6. The molecule has 0 aromatic carbocycles. The first-order valence-corrected chi connectivity index (χ1v) is 5.53. The smallest absolute Gasteiger partial charge is 0.348 e. The van der Waals surface area contributed by atoms with Gasteiger partial charge in [-0.05, 0) is 18.9 Å². The molecular weight excluding hydrogens is 210 g/mol. The van der Waals surface area contributed by atoms with Gasteiger partial charge in [-0.2, -0.15) is 0 Å². The number of hydrogen-bond acceptors (Lipinski definition) is 5. The highest BCUT2D eigenvalue weighted by Crippen LogP contribution is 2.40. The lowest BCUT2D eigenvalue weighted by Gasteiger charge is -2.21. The van der Waals surface area contributed by atoms with Crippen LogP contribution in [0, 0.1) is 17.3 Å². The molecule has 1 saturated carbocycles. The van der Waals surface area contributed by atoms with Crippen molar-refractivity contribution < 1.29 is 19.1 Å². The molecule has 1 saturated heterocycles. The molecule has 3 atom stereocenters. The maximum atomic E-state index is 11.7. The average molecular weight is 227 g/mol. The van der Waals surface area contributed by atoms with Crippen LogP contribution in [0.1, 0.15) is 20.3 Å². The molecule has 2 aliphatic rings. The van der Waals surface area contributed by atoms with Crippen molar-refractivity contribution in [3.05, 3.63) is 0 Å². The Labute approximate surface area is 94.3 Å². The summed E-state index contributed by atoms with van der Waals surface area (Å²) >= 11 is 0. The van der Waals surface area contributed by atoms with E-state index in [2.05, 4.69) is 0 Å². The Balaban J connectivity index is 1.94. The van der Waals surface area contributed by atoms with Crippen molar-refractivity contribution >= 4 is 11.9 Å². The van der Waals surface area contributed by atoms with E-state index in [0.29, 0.717) is 13.2 Å². The first-order chi connectivity index (χ1) is 7.45. The Bertz CT molecular complexity index is 326. The van der Waals surface area contributed by atoms with Gasteiger partial charge in [-0.3, -0.25) is 4.79 Å². The van der Waals surface area contributed by atoms with E-state index in [0.717, 1.165) is 6.42 Å². The number of cyclic esters (lactones) is 1. The largest absolute Gasteiger partial charge is 0.462 e. The van der Waals surface area contributed by atoms with E-state index in [9.17, 15) is 9.59 Å². The van der Waals surface area contributed by atoms with Crippen LogP contribution in [0.5, 0.6) is 0 Å². The molecule has 0 aromatic heterocycles. The van der Waals surface area contributed by atoms with Crippen molar-refractivity contribution in [2.24, 2.45) is 23.0 Å². The first kappa shape index (κ1) is 11.4. The lowest BCUT2D eigenvalue weighted by atomic mass is 9.90. The topological polar surface area (TPSA) is 78.6 Å². The normalized spacial score (nSPS) is 35.7. The van der Waals surface area contributed by atoms with Crippen LogP contribution < -0.4 is 5.73 Å². The van der Waals surface area contributed by atoms with Crippen LogP contribution in [0.15, 0.2) is 0 Å². The molecular formula is C11H17NO4. The van der Waals surface area contributed by atoms with E-state index in [1.54, 1.807) is 0 Å². The first-order valence-electron chi connectivity index (χ1n) is 5.53. The van der Waals surface area contributed by atoms with E-state index in [-0.39, 0.29) is 17.8 Å². The minimum Gasteiger partial charge on any atom is -0.462 e. The minimum absolute atomic E-state index is 0.116. The van der Waals surface area contributed by atoms with Crippen LogP contribution in [0.25, 0.3) is 0 Å². The summed E-state index contributed by atoms with van der Waals surface area (Å²) in [5, 5.41) is 0. The van der Waals surface area contributed by atoms with Gasteiger partial charge in [0.25, 0.3) is 0 Å². The van der Waals surface area contributed by atoms with Gasteiger partial charge in [0, 0.05) is 5.41 Å². The molecule has 0 bridgehead atoms. The number of nitrogens with two attached hydrogens (primary N) is 1. The minimum atomic E-state index is -0.765. The van der Waals surface area contributed by atoms with Gasteiger partial charge in [0.1, 0.15) is 6.61 Å². The zero-order chi connectivity index (χ0) is 11.9. The summed E-state index contributed by atoms with van der Waals surface area (Å²) in [5.74, 6) is -0.641. The van der Waals surface area contributed by atoms with Crippen molar-refractivity contribution in [3.63, 3.8) is 0 Å². The van der Waals surface area contributed by atoms with Gasteiger partial charge >= 0.3 is 11.9 Å². The second-order valence-electron chi connectivity index (χ2n) is 5.25. The molecule has 1 heterocycles. The maximum absolute atomic E-state index is 11.7. The van der Waals surface area contributed by atoms with E-state index >= 15 is 0 Å². The summed E-state index contributed by atoms with van der Waals surface area (Å²) in [4.78, 5) is 23.1. The quantitative estimate of drug-likeness (QED) is 0.690. The van der Waals surface area contributed by atoms with Crippen LogP contribution in [0.3, 0.4) is 0 Å². The van der Waals surface area contributed by atoms with Crippen molar-refractivity contribution in [1.29, 1.82) is 0 Å². The van der Waals surface area contributed by atoms with E-state index in [4.69, 9.17) is 15.2 Å². The fourth-order valence-corrected chi connectivity index (χ4v) is 1.94. The predicted octanol–water partition coefficient (Wildman–Crippen LogP) is 0.0760. The Morgan fingerprint density at radius 3 is 2.75 bits per heavy atom. The number of esters is 2. The Kier molecular flexibility index (Phi) is 2.66. The number of ether oxygens (including phenoxy) is 2. The number of carbonyl (C=O) groups is 2. The van der Waals surface area contributed by atoms with Gasteiger partial charge in [0.15, 0.2) is 0 Å². The lowest BCUT2D eigenvalue weighted by Crippen LogP contribution is -2.35. The second kappa shape index (κ2) is 3.73. The third-order valence-corrected chi connectivity index (χ3v) is 3.27. The summed E-state index contributed by atoms with van der Waals surface area (Å²) in [6.07, 6.45) is 0.0105. The Morgan fingerprint density at radius 2 is 2.31 bits per heavy atom. The van der Waals surface area contributed by atoms with Crippen LogP contribution in [-0.2, 0) is 19.1 Å². The zero-order valence-corrected chi connectivity index (χ0v) is 9.56. The molecule has 2 N–H and O–H groups in total. The number of carbonyl (C=O) groups excluding carboxylic acids is 2. The highest BCUT2D eigenvalue weighted by molar-refractivity contribution is 5.83. The molecule has 16 heavy (non-hydrogen) atoms. The Hall–Kier alpha value is -1.10. The highest BCUT2D eigenvalue weighted by Gasteiger charge is 2.50. The molecule has 0 unspecified atom stereocenters. The van der Waals surface area contributed by atoms with Crippen molar-refractivity contribution in [2.75, 3.05) is 13.2 Å². The van der Waals surface area contributed by atoms with Crippen LogP contribution in [-0.4, -0.2) is 31.2 Å². The summed E-state index contributed by atoms with van der Waals surface area (Å²) in [6.45, 7) is 4.50. The van der Waals surface area contributed by atoms with Gasteiger partial charge in [0.2, 0.25) is 6.10 Å². The number of rotatable bonds is 3. The molecule has 0 aromatic rings. The molecule has 2 fully saturated rings. The van der Waals surface area contributed by atoms with Gasteiger partial charge in [-0.1, -0.05) is 13.8 Å². The van der Waals surface area contributed by atoms with Gasteiger partial charge in [-0.25, -0.2) is 4.79 Å². The molecule has 90 valence electrons. The fraction of sp³-hybridized carbons (Fsp3) is 0.818. The van der Waals surface area contributed by atoms with E-state index in [1.165, 1.54) is 0 Å². The molecule has 1 aliphatic heterocycles. The van der Waals surface area contributed by atoms with Crippen LogP contribution in [0.4, 0.5) is 0 Å². The van der Waals surface area contributed by atoms with Crippen molar-refractivity contribution in [1.82, 2.24) is 0 Å². The van der Waals surface area contributed by atoms with Crippen LogP contribution in [0.2, 0.25) is 0 Å². The molecule has 0 spiro atoms. The fourth-order valence-electron chi connectivity index (χ4n) is 1.94. The van der Waals surface area contributed by atoms with Gasteiger partial charge < -0.3 is 15.2 Å². The molecule has 1 aliphatic carbocycles. The monoisotopic (exact) mass is 227 g/mol. The molecule has 2 rings (SSSR count). The summed E-state index contributed by atoms with van der Waals surface area (Å²) < 4.78 is 10.1. The van der Waals surface area contributed by atoms with Crippen LogP contribution >= 0.6 is 0 Å². The summed E-state index contributed by atoms with van der Waals surface area (Å²) in [6, 6.07) is 0. The second-order valence-corrected chi connectivity index (χ2v) is 5.25. The lowest BCUT2D eigenvalue weighted by molar-refractivity contribution is -0.164. The molecule has 0 radical (unpaired) electrons. The maximum Gasteiger partial charge on any atom is 0.348 e. The number of hydrogen-bond donors (Lipinski definition) is 1.